The summed E-state index contributed by atoms with van der Waals surface area (Å²) in [6.07, 6.45) is 1.87. The third kappa shape index (κ3) is 4.55. The van der Waals surface area contributed by atoms with Gasteiger partial charge in [-0.3, -0.25) is 4.79 Å². The lowest BCUT2D eigenvalue weighted by Gasteiger charge is -2.31. The monoisotopic (exact) mass is 278 g/mol. The van der Waals surface area contributed by atoms with Crippen LogP contribution in [0.5, 0.6) is 0 Å². The maximum absolute atomic E-state index is 12.0. The topological polar surface area (TPSA) is 86.7 Å². The standard InChI is InChI=1S/C11H22N2O4S/c1-9(2)13(18(16,17)8-11(14)15)7-10-3-5-12-6-4-10/h9-10,12H,3-8H2,1-2H3,(H,14,15). The maximum atomic E-state index is 12.0. The highest BCUT2D eigenvalue weighted by atomic mass is 32.2. The highest BCUT2D eigenvalue weighted by molar-refractivity contribution is 7.89. The van der Waals surface area contributed by atoms with E-state index in [1.54, 1.807) is 13.8 Å². The van der Waals surface area contributed by atoms with Crippen LogP contribution in [0.1, 0.15) is 26.7 Å². The highest BCUT2D eigenvalue weighted by Gasteiger charge is 2.30. The molecule has 1 aliphatic heterocycles. The molecule has 106 valence electrons. The Morgan fingerprint density at radius 3 is 2.39 bits per heavy atom. The fourth-order valence-electron chi connectivity index (χ4n) is 2.20. The van der Waals surface area contributed by atoms with Gasteiger partial charge in [-0.2, -0.15) is 4.31 Å². The normalized spacial score (nSPS) is 18.4. The van der Waals surface area contributed by atoms with Gasteiger partial charge in [0, 0.05) is 12.6 Å². The molecule has 0 unspecified atom stereocenters. The summed E-state index contributed by atoms with van der Waals surface area (Å²) in [5.74, 6) is -1.81. The Labute approximate surface area is 108 Å². The molecule has 0 aromatic rings. The van der Waals surface area contributed by atoms with Crippen molar-refractivity contribution < 1.29 is 18.3 Å². The molecule has 1 heterocycles. The van der Waals surface area contributed by atoms with Crippen LogP contribution in [0.25, 0.3) is 0 Å². The number of carbonyl (C=O) groups is 1. The van der Waals surface area contributed by atoms with Gasteiger partial charge in [0.1, 0.15) is 0 Å². The zero-order chi connectivity index (χ0) is 13.8. The van der Waals surface area contributed by atoms with Crippen molar-refractivity contribution in [3.63, 3.8) is 0 Å². The molecule has 0 amide bonds. The number of hydrogen-bond acceptors (Lipinski definition) is 4. The van der Waals surface area contributed by atoms with Gasteiger partial charge < -0.3 is 10.4 Å². The SMILES string of the molecule is CC(C)N(CC1CCNCC1)S(=O)(=O)CC(=O)O. The van der Waals surface area contributed by atoms with E-state index in [-0.39, 0.29) is 6.04 Å². The number of nitrogens with zero attached hydrogens (tertiary/aromatic N) is 1. The number of sulfonamides is 1. The van der Waals surface area contributed by atoms with Crippen LogP contribution in [0.15, 0.2) is 0 Å². The first kappa shape index (κ1) is 15.4. The van der Waals surface area contributed by atoms with E-state index in [9.17, 15) is 13.2 Å². The predicted molar refractivity (Wildman–Crippen MR) is 68.9 cm³/mol. The van der Waals surface area contributed by atoms with Gasteiger partial charge in [-0.15, -0.1) is 0 Å². The number of nitrogens with one attached hydrogen (secondary N) is 1. The average molecular weight is 278 g/mol. The van der Waals surface area contributed by atoms with Crippen molar-refractivity contribution in [3.05, 3.63) is 0 Å². The molecule has 0 aromatic heterocycles. The number of aliphatic carboxylic acids is 1. The average Bonchev–Trinajstić information content (AvgIpc) is 2.25. The van der Waals surface area contributed by atoms with Gasteiger partial charge in [0.25, 0.3) is 0 Å². The summed E-state index contributed by atoms with van der Waals surface area (Å²) in [4.78, 5) is 10.6. The maximum Gasteiger partial charge on any atom is 0.320 e. The van der Waals surface area contributed by atoms with Crippen LogP contribution in [-0.2, 0) is 14.8 Å². The van der Waals surface area contributed by atoms with E-state index in [1.165, 1.54) is 4.31 Å². The molecule has 1 saturated heterocycles. The zero-order valence-corrected chi connectivity index (χ0v) is 11.7. The van der Waals surface area contributed by atoms with Gasteiger partial charge in [-0.25, -0.2) is 8.42 Å². The molecule has 1 rings (SSSR count). The third-order valence-corrected chi connectivity index (χ3v) is 5.03. The van der Waals surface area contributed by atoms with Crippen LogP contribution < -0.4 is 5.32 Å². The van der Waals surface area contributed by atoms with Crippen molar-refractivity contribution >= 4 is 16.0 Å². The molecule has 1 aliphatic rings. The minimum Gasteiger partial charge on any atom is -0.480 e. The molecule has 1 fully saturated rings. The molecule has 2 N–H and O–H groups in total. The van der Waals surface area contributed by atoms with Crippen LogP contribution in [-0.4, -0.2) is 55.2 Å². The Morgan fingerprint density at radius 2 is 1.94 bits per heavy atom. The number of hydrogen-bond donors (Lipinski definition) is 2. The minimum absolute atomic E-state index is 0.204. The van der Waals surface area contributed by atoms with Gasteiger partial charge in [0.15, 0.2) is 5.75 Å². The van der Waals surface area contributed by atoms with E-state index >= 15 is 0 Å². The van der Waals surface area contributed by atoms with Gasteiger partial charge in [0.05, 0.1) is 0 Å². The van der Waals surface area contributed by atoms with Crippen molar-refractivity contribution in [1.29, 1.82) is 0 Å². The summed E-state index contributed by atoms with van der Waals surface area (Å²) in [5.41, 5.74) is 0. The van der Waals surface area contributed by atoms with Crippen molar-refractivity contribution in [2.75, 3.05) is 25.4 Å². The predicted octanol–water partition coefficient (Wildman–Crippen LogP) is 0.111. The molecule has 0 radical (unpaired) electrons. The van der Waals surface area contributed by atoms with Crippen molar-refractivity contribution in [1.82, 2.24) is 9.62 Å². The van der Waals surface area contributed by atoms with Gasteiger partial charge >= 0.3 is 5.97 Å². The quantitative estimate of drug-likeness (QED) is 0.720. The summed E-state index contributed by atoms with van der Waals surface area (Å²) in [5, 5.41) is 11.9. The molecule has 0 aromatic carbocycles. The van der Waals surface area contributed by atoms with Crippen LogP contribution in [0.2, 0.25) is 0 Å². The van der Waals surface area contributed by atoms with Gasteiger partial charge in [-0.05, 0) is 45.7 Å². The number of rotatable bonds is 6. The minimum atomic E-state index is -3.71. The lowest BCUT2D eigenvalue weighted by atomic mass is 9.98. The highest BCUT2D eigenvalue weighted by Crippen LogP contribution is 2.18. The Morgan fingerprint density at radius 1 is 1.39 bits per heavy atom. The van der Waals surface area contributed by atoms with Gasteiger partial charge in [-0.1, -0.05) is 0 Å². The number of carboxylic acids is 1. The smallest absolute Gasteiger partial charge is 0.320 e. The first-order valence-corrected chi connectivity index (χ1v) is 7.86. The molecule has 0 bridgehead atoms. The van der Waals surface area contributed by atoms with E-state index in [0.717, 1.165) is 25.9 Å². The first-order valence-electron chi connectivity index (χ1n) is 6.25. The fourth-order valence-corrected chi connectivity index (χ4v) is 3.76. The molecular formula is C11H22N2O4S. The Hall–Kier alpha value is -0.660. The van der Waals surface area contributed by atoms with Crippen molar-refractivity contribution in [2.45, 2.75) is 32.7 Å². The van der Waals surface area contributed by atoms with E-state index < -0.39 is 21.7 Å². The van der Waals surface area contributed by atoms with Crippen LogP contribution in [0.4, 0.5) is 0 Å². The van der Waals surface area contributed by atoms with E-state index in [1.807, 2.05) is 0 Å². The molecule has 0 atom stereocenters. The Kier molecular flexibility index (Phi) is 5.55. The summed E-state index contributed by atoms with van der Waals surface area (Å²) >= 11 is 0. The van der Waals surface area contributed by atoms with Crippen LogP contribution in [0.3, 0.4) is 0 Å². The summed E-state index contributed by atoms with van der Waals surface area (Å²) in [6, 6.07) is -0.204. The third-order valence-electron chi connectivity index (χ3n) is 3.14. The van der Waals surface area contributed by atoms with Crippen molar-refractivity contribution in [2.24, 2.45) is 5.92 Å². The van der Waals surface area contributed by atoms with E-state index in [4.69, 9.17) is 5.11 Å². The van der Waals surface area contributed by atoms with E-state index in [0.29, 0.717) is 12.5 Å². The zero-order valence-electron chi connectivity index (χ0n) is 10.9. The molecular weight excluding hydrogens is 256 g/mol. The Bertz CT molecular complexity index is 375. The number of carboxylic acid groups (broad SMARTS) is 1. The summed E-state index contributed by atoms with van der Waals surface area (Å²) in [6.45, 7) is 5.78. The van der Waals surface area contributed by atoms with E-state index in [2.05, 4.69) is 5.32 Å². The van der Waals surface area contributed by atoms with Crippen LogP contribution in [0, 0.1) is 5.92 Å². The summed E-state index contributed by atoms with van der Waals surface area (Å²) < 4.78 is 25.3. The molecule has 18 heavy (non-hydrogen) atoms. The molecule has 0 saturated carbocycles. The summed E-state index contributed by atoms with van der Waals surface area (Å²) in [7, 11) is -3.71. The molecule has 0 aliphatic carbocycles. The second-order valence-corrected chi connectivity index (χ2v) is 6.93. The number of piperidine rings is 1. The molecule has 0 spiro atoms. The second kappa shape index (κ2) is 6.49. The van der Waals surface area contributed by atoms with Crippen molar-refractivity contribution in [3.8, 4) is 0 Å². The largest absolute Gasteiger partial charge is 0.480 e. The molecule has 7 heteroatoms. The second-order valence-electron chi connectivity index (χ2n) is 5.01. The molecule has 6 nitrogen and oxygen atoms in total. The lowest BCUT2D eigenvalue weighted by molar-refractivity contribution is -0.134. The van der Waals surface area contributed by atoms with Gasteiger partial charge in [0.2, 0.25) is 10.0 Å². The van der Waals surface area contributed by atoms with Crippen LogP contribution >= 0.6 is 0 Å². The fraction of sp³-hybridized carbons (Fsp3) is 0.909. The Balaban J connectivity index is 2.72. The first-order chi connectivity index (χ1) is 8.33. The lowest BCUT2D eigenvalue weighted by Crippen LogP contribution is -2.44.